The summed E-state index contributed by atoms with van der Waals surface area (Å²) in [4.78, 5) is 11.0. The fourth-order valence-corrected chi connectivity index (χ4v) is 1.74. The van der Waals surface area contributed by atoms with Gasteiger partial charge in [-0.05, 0) is 38.0 Å². The van der Waals surface area contributed by atoms with Gasteiger partial charge < -0.3 is 14.4 Å². The van der Waals surface area contributed by atoms with E-state index in [1.54, 1.807) is 6.92 Å². The lowest BCUT2D eigenvalue weighted by atomic mass is 10.1. The van der Waals surface area contributed by atoms with Gasteiger partial charge in [0, 0.05) is 0 Å². The van der Waals surface area contributed by atoms with Crippen LogP contribution in [0.5, 0.6) is 5.75 Å². The number of ether oxygens (including phenoxy) is 1. The predicted molar refractivity (Wildman–Crippen MR) is 68.4 cm³/mol. The summed E-state index contributed by atoms with van der Waals surface area (Å²) >= 11 is 0. The number of carboxylic acid groups (broad SMARTS) is 1. The van der Waals surface area contributed by atoms with Crippen LogP contribution in [0.3, 0.4) is 0 Å². The molecule has 1 N–H and O–H groups in total. The third-order valence-corrected chi connectivity index (χ3v) is 2.90. The van der Waals surface area contributed by atoms with Crippen molar-refractivity contribution < 1.29 is 19.2 Å². The van der Waals surface area contributed by atoms with Gasteiger partial charge in [0.1, 0.15) is 18.1 Å². The second-order valence-electron chi connectivity index (χ2n) is 4.43. The molecule has 0 aliphatic rings. The van der Waals surface area contributed by atoms with Gasteiger partial charge in [-0.25, -0.2) is 4.79 Å². The molecule has 1 heterocycles. The Morgan fingerprint density at radius 3 is 2.79 bits per heavy atom. The Morgan fingerprint density at radius 2 is 2.11 bits per heavy atom. The molecule has 2 rings (SSSR count). The van der Waals surface area contributed by atoms with Crippen LogP contribution < -0.4 is 4.74 Å². The zero-order valence-electron chi connectivity index (χ0n) is 11.1. The van der Waals surface area contributed by atoms with Crippen LogP contribution in [-0.4, -0.2) is 16.2 Å². The monoisotopic (exact) mass is 261 g/mol. The molecule has 0 spiro atoms. The van der Waals surface area contributed by atoms with Gasteiger partial charge in [-0.3, -0.25) is 0 Å². The Morgan fingerprint density at radius 1 is 1.37 bits per heavy atom. The highest BCUT2D eigenvalue weighted by Crippen LogP contribution is 2.22. The molecule has 5 heteroatoms. The van der Waals surface area contributed by atoms with Crippen molar-refractivity contribution in [1.29, 1.82) is 0 Å². The minimum absolute atomic E-state index is 0.0946. The number of aromatic carboxylic acids is 1. The maximum Gasteiger partial charge on any atom is 0.358 e. The molecule has 0 unspecified atom stereocenters. The molecule has 100 valence electrons. The smallest absolute Gasteiger partial charge is 0.358 e. The lowest BCUT2D eigenvalue weighted by Crippen LogP contribution is -2.05. The number of carbonyl (C=O) groups is 1. The molecule has 19 heavy (non-hydrogen) atoms. The Labute approximate surface area is 110 Å². The van der Waals surface area contributed by atoms with Gasteiger partial charge in [-0.1, -0.05) is 17.3 Å². The molecule has 2 aromatic rings. The minimum atomic E-state index is -1.11. The van der Waals surface area contributed by atoms with E-state index in [9.17, 15) is 4.79 Å². The van der Waals surface area contributed by atoms with Crippen molar-refractivity contribution in [1.82, 2.24) is 5.16 Å². The zero-order valence-corrected chi connectivity index (χ0v) is 11.1. The number of hydrogen-bond donors (Lipinski definition) is 1. The van der Waals surface area contributed by atoms with E-state index in [4.69, 9.17) is 14.4 Å². The van der Waals surface area contributed by atoms with Crippen LogP contribution in [0, 0.1) is 20.8 Å². The van der Waals surface area contributed by atoms with E-state index in [1.165, 1.54) is 0 Å². The normalized spacial score (nSPS) is 10.5. The second kappa shape index (κ2) is 5.14. The second-order valence-corrected chi connectivity index (χ2v) is 4.43. The van der Waals surface area contributed by atoms with E-state index in [1.807, 2.05) is 32.0 Å². The summed E-state index contributed by atoms with van der Waals surface area (Å²) in [7, 11) is 0. The van der Waals surface area contributed by atoms with E-state index in [-0.39, 0.29) is 12.3 Å². The van der Waals surface area contributed by atoms with Crippen LogP contribution in [0.15, 0.2) is 22.7 Å². The Hall–Kier alpha value is -2.30. The molecule has 0 aliphatic carbocycles. The van der Waals surface area contributed by atoms with Gasteiger partial charge in [-0.15, -0.1) is 0 Å². The zero-order chi connectivity index (χ0) is 14.0. The lowest BCUT2D eigenvalue weighted by molar-refractivity contribution is 0.0683. The van der Waals surface area contributed by atoms with Crippen LogP contribution >= 0.6 is 0 Å². The highest BCUT2D eigenvalue weighted by atomic mass is 16.5. The van der Waals surface area contributed by atoms with E-state index in [0.29, 0.717) is 11.3 Å². The molecule has 0 fully saturated rings. The summed E-state index contributed by atoms with van der Waals surface area (Å²) in [6, 6.07) is 5.87. The summed E-state index contributed by atoms with van der Waals surface area (Å²) in [5.41, 5.74) is 2.45. The maximum atomic E-state index is 11.0. The summed E-state index contributed by atoms with van der Waals surface area (Å²) in [5, 5.41) is 12.5. The van der Waals surface area contributed by atoms with E-state index < -0.39 is 5.97 Å². The molecule has 0 saturated heterocycles. The van der Waals surface area contributed by atoms with Crippen LogP contribution in [0.1, 0.15) is 32.9 Å². The van der Waals surface area contributed by atoms with E-state index in [2.05, 4.69) is 5.16 Å². The topological polar surface area (TPSA) is 72.6 Å². The van der Waals surface area contributed by atoms with Gasteiger partial charge in [0.2, 0.25) is 0 Å². The summed E-state index contributed by atoms with van der Waals surface area (Å²) < 4.78 is 10.6. The summed E-state index contributed by atoms with van der Waals surface area (Å²) in [6.45, 7) is 5.70. The van der Waals surface area contributed by atoms with Crippen molar-refractivity contribution in [3.05, 3.63) is 46.3 Å². The Balaban J connectivity index is 2.21. The van der Waals surface area contributed by atoms with Crippen molar-refractivity contribution in [2.24, 2.45) is 0 Å². The third-order valence-electron chi connectivity index (χ3n) is 2.90. The van der Waals surface area contributed by atoms with Crippen molar-refractivity contribution >= 4 is 5.97 Å². The van der Waals surface area contributed by atoms with Gasteiger partial charge in [-0.2, -0.15) is 0 Å². The fourth-order valence-electron chi connectivity index (χ4n) is 1.74. The van der Waals surface area contributed by atoms with Crippen LogP contribution in [0.25, 0.3) is 0 Å². The Bertz CT molecular complexity index is 616. The number of aromatic nitrogens is 1. The average molecular weight is 261 g/mol. The SMILES string of the molecule is Cc1ccc(C)c(OCc2c(C(=O)O)noc2C)c1. The molecule has 5 nitrogen and oxygen atoms in total. The highest BCUT2D eigenvalue weighted by Gasteiger charge is 2.19. The van der Waals surface area contributed by atoms with Gasteiger partial charge >= 0.3 is 5.97 Å². The lowest BCUT2D eigenvalue weighted by Gasteiger charge is -2.09. The quantitative estimate of drug-likeness (QED) is 0.916. The first-order chi connectivity index (χ1) is 8.99. The maximum absolute atomic E-state index is 11.0. The van der Waals surface area contributed by atoms with Crippen LogP contribution in [-0.2, 0) is 6.61 Å². The molecular formula is C14H15NO4. The molecule has 1 aromatic carbocycles. The largest absolute Gasteiger partial charge is 0.488 e. The molecule has 0 saturated carbocycles. The van der Waals surface area contributed by atoms with E-state index in [0.717, 1.165) is 16.9 Å². The van der Waals surface area contributed by atoms with Gasteiger partial charge in [0.15, 0.2) is 5.69 Å². The van der Waals surface area contributed by atoms with Crippen molar-refractivity contribution in [2.75, 3.05) is 0 Å². The number of nitrogens with zero attached hydrogens (tertiary/aromatic N) is 1. The fraction of sp³-hybridized carbons (Fsp3) is 0.286. The van der Waals surface area contributed by atoms with Crippen molar-refractivity contribution in [3.63, 3.8) is 0 Å². The first-order valence-electron chi connectivity index (χ1n) is 5.87. The molecule has 0 amide bonds. The van der Waals surface area contributed by atoms with Gasteiger partial charge in [0.05, 0.1) is 5.56 Å². The Kier molecular flexibility index (Phi) is 3.55. The predicted octanol–water partition coefficient (Wildman–Crippen LogP) is 2.88. The number of benzene rings is 1. The number of hydrogen-bond acceptors (Lipinski definition) is 4. The number of carboxylic acids is 1. The van der Waals surface area contributed by atoms with Crippen LogP contribution in [0.4, 0.5) is 0 Å². The van der Waals surface area contributed by atoms with Crippen LogP contribution in [0.2, 0.25) is 0 Å². The van der Waals surface area contributed by atoms with Crippen molar-refractivity contribution in [3.8, 4) is 5.75 Å². The minimum Gasteiger partial charge on any atom is -0.488 e. The number of rotatable bonds is 4. The highest BCUT2D eigenvalue weighted by molar-refractivity contribution is 5.87. The van der Waals surface area contributed by atoms with Crippen molar-refractivity contribution in [2.45, 2.75) is 27.4 Å². The van der Waals surface area contributed by atoms with E-state index >= 15 is 0 Å². The first-order valence-corrected chi connectivity index (χ1v) is 5.87. The first kappa shape index (κ1) is 13.1. The third kappa shape index (κ3) is 2.76. The molecule has 1 aromatic heterocycles. The summed E-state index contributed by atoms with van der Waals surface area (Å²) in [5.74, 6) is 0.0797. The molecular weight excluding hydrogens is 246 g/mol. The van der Waals surface area contributed by atoms with Gasteiger partial charge in [0.25, 0.3) is 0 Å². The molecule has 0 radical (unpaired) electrons. The standard InChI is InChI=1S/C14H15NO4/c1-8-4-5-9(2)12(6-8)18-7-11-10(3)19-15-13(11)14(16)17/h4-6H,7H2,1-3H3,(H,16,17). The average Bonchev–Trinajstić information content (AvgIpc) is 2.72. The number of aryl methyl sites for hydroxylation is 3. The summed E-state index contributed by atoms with van der Waals surface area (Å²) in [6.07, 6.45) is 0. The molecule has 0 bridgehead atoms. The molecule has 0 aliphatic heterocycles. The molecule has 0 atom stereocenters.